The van der Waals surface area contributed by atoms with E-state index in [9.17, 15) is 22.4 Å². The van der Waals surface area contributed by atoms with Gasteiger partial charge in [-0.1, -0.05) is 36.4 Å². The standard InChI is InChI=1S/C22H22F5N3O/c1-20(15-10-9-14(11-16(15)23)22(3,26)27)17(18(31)30(4)19(28)29-20)12-5-7-13(8-6-12)21(2,24)25/h5-11,17H,1-4H3,(H2,28,29)/t17-,20+/m0/s1. The highest BCUT2D eigenvalue weighted by atomic mass is 19.3. The smallest absolute Gasteiger partial charge is 0.270 e. The number of guanidine groups is 1. The zero-order valence-electron chi connectivity index (χ0n) is 17.4. The molecule has 1 amide bonds. The van der Waals surface area contributed by atoms with Gasteiger partial charge in [0.05, 0.1) is 5.92 Å². The van der Waals surface area contributed by atoms with Crippen LogP contribution in [0.5, 0.6) is 0 Å². The number of benzene rings is 2. The van der Waals surface area contributed by atoms with Crippen LogP contribution >= 0.6 is 0 Å². The molecule has 1 heterocycles. The summed E-state index contributed by atoms with van der Waals surface area (Å²) >= 11 is 0. The number of amides is 1. The zero-order chi connectivity index (χ0) is 23.4. The summed E-state index contributed by atoms with van der Waals surface area (Å²) in [6.07, 6.45) is 0. The van der Waals surface area contributed by atoms with Crippen molar-refractivity contribution in [2.45, 2.75) is 44.1 Å². The Balaban J connectivity index is 2.18. The number of halogens is 5. The van der Waals surface area contributed by atoms with Gasteiger partial charge in [-0.3, -0.25) is 9.69 Å². The minimum absolute atomic E-state index is 0.111. The summed E-state index contributed by atoms with van der Waals surface area (Å²) in [6.45, 7) is 2.85. The van der Waals surface area contributed by atoms with E-state index < -0.39 is 40.6 Å². The number of nitrogens with zero attached hydrogens (tertiary/aromatic N) is 2. The van der Waals surface area contributed by atoms with Crippen LogP contribution in [0.25, 0.3) is 0 Å². The Kier molecular flexibility index (Phi) is 5.36. The van der Waals surface area contributed by atoms with Crippen LogP contribution in [0.3, 0.4) is 0 Å². The molecule has 31 heavy (non-hydrogen) atoms. The number of rotatable bonds is 4. The lowest BCUT2D eigenvalue weighted by Gasteiger charge is -2.41. The Morgan fingerprint density at radius 2 is 1.52 bits per heavy atom. The molecule has 0 bridgehead atoms. The molecule has 4 nitrogen and oxygen atoms in total. The number of nitrogens with two attached hydrogens (primary N) is 1. The van der Waals surface area contributed by atoms with Crippen LogP contribution in [0.4, 0.5) is 22.0 Å². The topological polar surface area (TPSA) is 58.7 Å². The van der Waals surface area contributed by atoms with E-state index in [4.69, 9.17) is 5.73 Å². The van der Waals surface area contributed by atoms with Crippen LogP contribution in [0, 0.1) is 5.82 Å². The van der Waals surface area contributed by atoms with Gasteiger partial charge >= 0.3 is 0 Å². The highest BCUT2D eigenvalue weighted by Gasteiger charge is 2.48. The average Bonchev–Trinajstić information content (AvgIpc) is 2.65. The second-order valence-corrected chi connectivity index (χ2v) is 8.04. The van der Waals surface area contributed by atoms with E-state index in [-0.39, 0.29) is 17.1 Å². The van der Waals surface area contributed by atoms with Crippen molar-refractivity contribution in [2.24, 2.45) is 10.7 Å². The molecule has 0 radical (unpaired) electrons. The third kappa shape index (κ3) is 4.00. The minimum atomic E-state index is -3.26. The third-order valence-electron chi connectivity index (χ3n) is 5.60. The summed E-state index contributed by atoms with van der Waals surface area (Å²) in [5.74, 6) is -9.14. The van der Waals surface area contributed by atoms with Gasteiger partial charge in [-0.05, 0) is 18.6 Å². The Bertz CT molecular complexity index is 1040. The summed E-state index contributed by atoms with van der Waals surface area (Å²) in [5.41, 5.74) is 3.70. The second kappa shape index (κ2) is 7.32. The fraction of sp³-hybridized carbons (Fsp3) is 0.364. The lowest BCUT2D eigenvalue weighted by atomic mass is 9.74. The highest BCUT2D eigenvalue weighted by molar-refractivity contribution is 6.02. The van der Waals surface area contributed by atoms with Gasteiger partial charge in [0, 0.05) is 37.6 Å². The van der Waals surface area contributed by atoms with E-state index >= 15 is 4.39 Å². The minimum Gasteiger partial charge on any atom is -0.369 e. The molecule has 2 aromatic rings. The van der Waals surface area contributed by atoms with E-state index in [2.05, 4.69) is 4.99 Å². The monoisotopic (exact) mass is 439 g/mol. The molecule has 166 valence electrons. The van der Waals surface area contributed by atoms with E-state index in [0.717, 1.165) is 24.0 Å². The van der Waals surface area contributed by atoms with Crippen LogP contribution in [-0.4, -0.2) is 23.8 Å². The highest BCUT2D eigenvalue weighted by Crippen LogP contribution is 2.45. The van der Waals surface area contributed by atoms with Crippen molar-refractivity contribution < 1.29 is 26.7 Å². The van der Waals surface area contributed by atoms with Crippen molar-refractivity contribution in [2.75, 3.05) is 7.05 Å². The van der Waals surface area contributed by atoms with Gasteiger partial charge in [0.25, 0.3) is 11.8 Å². The normalized spacial score (nSPS) is 22.5. The van der Waals surface area contributed by atoms with Crippen LogP contribution in [0.2, 0.25) is 0 Å². The van der Waals surface area contributed by atoms with Gasteiger partial charge in [0.1, 0.15) is 11.4 Å². The first-order valence-corrected chi connectivity index (χ1v) is 9.45. The second-order valence-electron chi connectivity index (χ2n) is 8.04. The number of likely N-dealkylation sites (N-methyl/N-ethyl adjacent to an activating group) is 1. The molecule has 0 aromatic heterocycles. The van der Waals surface area contributed by atoms with Gasteiger partial charge in [-0.25, -0.2) is 26.9 Å². The summed E-state index contributed by atoms with van der Waals surface area (Å²) in [5, 5.41) is 0. The van der Waals surface area contributed by atoms with Gasteiger partial charge in [0.2, 0.25) is 5.91 Å². The molecule has 2 N–H and O–H groups in total. The molecule has 0 saturated heterocycles. The molecule has 0 fully saturated rings. The molecular formula is C22H22F5N3O. The summed E-state index contributed by atoms with van der Waals surface area (Å²) < 4.78 is 69.4. The fourth-order valence-corrected chi connectivity index (χ4v) is 3.77. The lowest BCUT2D eigenvalue weighted by molar-refractivity contribution is -0.130. The Morgan fingerprint density at radius 1 is 1.00 bits per heavy atom. The van der Waals surface area contributed by atoms with Crippen LogP contribution in [-0.2, 0) is 22.2 Å². The first kappa shape index (κ1) is 22.7. The molecule has 0 saturated carbocycles. The molecule has 2 aromatic carbocycles. The fourth-order valence-electron chi connectivity index (χ4n) is 3.77. The molecule has 0 unspecified atom stereocenters. The average molecular weight is 439 g/mol. The van der Waals surface area contributed by atoms with Crippen LogP contribution < -0.4 is 5.73 Å². The molecule has 1 aliphatic heterocycles. The van der Waals surface area contributed by atoms with Gasteiger partial charge in [0.15, 0.2) is 5.96 Å². The van der Waals surface area contributed by atoms with Gasteiger partial charge in [-0.2, -0.15) is 0 Å². The van der Waals surface area contributed by atoms with Crippen molar-refractivity contribution in [3.63, 3.8) is 0 Å². The van der Waals surface area contributed by atoms with Crippen molar-refractivity contribution in [3.05, 3.63) is 70.5 Å². The molecule has 0 aliphatic carbocycles. The lowest BCUT2D eigenvalue weighted by Crippen LogP contribution is -2.52. The number of carbonyl (C=O) groups is 1. The van der Waals surface area contributed by atoms with Crippen molar-refractivity contribution >= 4 is 11.9 Å². The van der Waals surface area contributed by atoms with E-state index in [1.54, 1.807) is 0 Å². The van der Waals surface area contributed by atoms with Crippen LogP contribution in [0.1, 0.15) is 48.9 Å². The summed E-state index contributed by atoms with van der Waals surface area (Å²) in [4.78, 5) is 18.5. The maximum atomic E-state index is 15.0. The molecular weight excluding hydrogens is 417 g/mol. The largest absolute Gasteiger partial charge is 0.369 e. The Hall–Kier alpha value is -2.97. The summed E-state index contributed by atoms with van der Waals surface area (Å²) in [7, 11) is 1.39. The number of hydrogen-bond acceptors (Lipinski definition) is 3. The molecule has 1 aliphatic rings. The number of carbonyl (C=O) groups excluding carboxylic acids is 1. The first-order chi connectivity index (χ1) is 14.2. The van der Waals surface area contributed by atoms with Crippen molar-refractivity contribution in [1.29, 1.82) is 0 Å². The predicted octanol–water partition coefficient (Wildman–Crippen LogP) is 4.83. The molecule has 9 heteroatoms. The van der Waals surface area contributed by atoms with E-state index in [1.807, 2.05) is 0 Å². The van der Waals surface area contributed by atoms with Crippen molar-refractivity contribution in [3.8, 4) is 0 Å². The predicted molar refractivity (Wildman–Crippen MR) is 106 cm³/mol. The van der Waals surface area contributed by atoms with Gasteiger partial charge < -0.3 is 5.73 Å². The summed E-state index contributed by atoms with van der Waals surface area (Å²) in [6, 6.07) is 7.99. The quantitative estimate of drug-likeness (QED) is 0.694. The number of hydrogen-bond donors (Lipinski definition) is 1. The maximum absolute atomic E-state index is 15.0. The maximum Gasteiger partial charge on any atom is 0.270 e. The number of alkyl halides is 4. The SMILES string of the molecule is CN1C(=O)[C@H](c2ccc(C(C)(F)F)cc2)[C@@](C)(c2ccc(C(C)(F)F)cc2F)N=C1N. The molecule has 0 spiro atoms. The van der Waals surface area contributed by atoms with Gasteiger partial charge in [-0.15, -0.1) is 0 Å². The third-order valence-corrected chi connectivity index (χ3v) is 5.60. The van der Waals surface area contributed by atoms with E-state index in [0.29, 0.717) is 18.6 Å². The molecule has 2 atom stereocenters. The zero-order valence-corrected chi connectivity index (χ0v) is 17.4. The Morgan fingerprint density at radius 3 is 2.00 bits per heavy atom. The molecule has 3 rings (SSSR count). The van der Waals surface area contributed by atoms with Crippen LogP contribution in [0.15, 0.2) is 47.5 Å². The van der Waals surface area contributed by atoms with E-state index in [1.165, 1.54) is 38.2 Å². The number of aliphatic imine (C=N–C) groups is 1. The first-order valence-electron chi connectivity index (χ1n) is 9.45. The Labute approximate surface area is 176 Å². The van der Waals surface area contributed by atoms with Crippen molar-refractivity contribution in [1.82, 2.24) is 4.90 Å².